The Bertz CT molecular complexity index is 187. The van der Waals surface area contributed by atoms with Crippen LogP contribution in [0.3, 0.4) is 0 Å². The highest BCUT2D eigenvalue weighted by atomic mass is 32.2. The van der Waals surface area contributed by atoms with Gasteiger partial charge in [-0.05, 0) is 38.8 Å². The normalized spacial score (nSPS) is 38.6. The van der Waals surface area contributed by atoms with Crippen LogP contribution in [0.25, 0.3) is 0 Å². The minimum Gasteiger partial charge on any atom is -0.296 e. The molecule has 0 saturated carbocycles. The number of thioether (sulfide) groups is 1. The van der Waals surface area contributed by atoms with E-state index in [1.807, 2.05) is 0 Å². The van der Waals surface area contributed by atoms with Crippen LogP contribution in [0.1, 0.15) is 46.0 Å². The molecule has 0 aliphatic carbocycles. The van der Waals surface area contributed by atoms with Gasteiger partial charge >= 0.3 is 0 Å². The summed E-state index contributed by atoms with van der Waals surface area (Å²) in [4.78, 5) is 2.81. The average molecular weight is 213 g/mol. The first-order valence-corrected chi connectivity index (χ1v) is 7.25. The van der Waals surface area contributed by atoms with Crippen molar-refractivity contribution in [3.05, 3.63) is 0 Å². The second kappa shape index (κ2) is 4.44. The van der Waals surface area contributed by atoms with Crippen LogP contribution in [0, 0.1) is 0 Å². The number of hydrogen-bond acceptors (Lipinski definition) is 2. The van der Waals surface area contributed by atoms with E-state index in [2.05, 4.69) is 30.5 Å². The van der Waals surface area contributed by atoms with E-state index in [-0.39, 0.29) is 0 Å². The monoisotopic (exact) mass is 213 g/mol. The number of hydrogen-bond donors (Lipinski definition) is 0. The molecule has 0 aromatic heterocycles. The van der Waals surface area contributed by atoms with E-state index < -0.39 is 0 Å². The summed E-state index contributed by atoms with van der Waals surface area (Å²) in [6.07, 6.45) is 7.02. The van der Waals surface area contributed by atoms with Gasteiger partial charge in [0.15, 0.2) is 0 Å². The summed E-state index contributed by atoms with van der Waals surface area (Å²) >= 11 is 2.20. The molecule has 2 fully saturated rings. The van der Waals surface area contributed by atoms with Crippen molar-refractivity contribution in [1.29, 1.82) is 0 Å². The summed E-state index contributed by atoms with van der Waals surface area (Å²) in [5.41, 5.74) is 0.616. The molecular weight excluding hydrogens is 190 g/mol. The minimum absolute atomic E-state index is 0.616. The molecule has 2 saturated heterocycles. The zero-order valence-corrected chi connectivity index (χ0v) is 10.4. The van der Waals surface area contributed by atoms with Crippen LogP contribution < -0.4 is 0 Å². The van der Waals surface area contributed by atoms with Crippen molar-refractivity contribution < 1.29 is 0 Å². The Morgan fingerprint density at radius 2 is 2.00 bits per heavy atom. The van der Waals surface area contributed by atoms with Gasteiger partial charge in [0.25, 0.3) is 0 Å². The quantitative estimate of drug-likeness (QED) is 0.706. The first-order chi connectivity index (χ1) is 6.83. The molecule has 0 N–H and O–H groups in total. The van der Waals surface area contributed by atoms with Gasteiger partial charge in [-0.1, -0.05) is 20.3 Å². The van der Waals surface area contributed by atoms with Crippen LogP contribution in [0.5, 0.6) is 0 Å². The van der Waals surface area contributed by atoms with Gasteiger partial charge in [0.05, 0.1) is 0 Å². The summed E-state index contributed by atoms with van der Waals surface area (Å²) in [6, 6.07) is 0. The van der Waals surface area contributed by atoms with Gasteiger partial charge in [-0.15, -0.1) is 0 Å². The Morgan fingerprint density at radius 1 is 1.29 bits per heavy atom. The predicted molar refractivity (Wildman–Crippen MR) is 65.0 cm³/mol. The fourth-order valence-electron chi connectivity index (χ4n) is 3.17. The molecule has 0 aromatic carbocycles. The van der Waals surface area contributed by atoms with Crippen molar-refractivity contribution in [2.75, 3.05) is 18.8 Å². The number of nitrogens with zero attached hydrogens (tertiary/aromatic N) is 1. The van der Waals surface area contributed by atoms with Gasteiger partial charge in [0.1, 0.15) is 0 Å². The Labute approximate surface area is 92.6 Å². The highest BCUT2D eigenvalue weighted by molar-refractivity contribution is 8.01. The second-order valence-electron chi connectivity index (χ2n) is 4.76. The molecule has 2 aliphatic rings. The molecule has 14 heavy (non-hydrogen) atoms. The predicted octanol–water partition coefficient (Wildman–Crippen LogP) is 3.15. The second-order valence-corrected chi connectivity index (χ2v) is 5.95. The van der Waals surface area contributed by atoms with E-state index in [4.69, 9.17) is 0 Å². The van der Waals surface area contributed by atoms with Gasteiger partial charge in [-0.3, -0.25) is 4.90 Å². The van der Waals surface area contributed by atoms with Gasteiger partial charge in [-0.25, -0.2) is 0 Å². The van der Waals surface area contributed by atoms with Gasteiger partial charge < -0.3 is 0 Å². The SMILES string of the molecule is CCCC1(N2CCCC2)CSC1CC. The maximum Gasteiger partial charge on any atom is 0.0418 e. The van der Waals surface area contributed by atoms with Crippen LogP contribution >= 0.6 is 11.8 Å². The van der Waals surface area contributed by atoms with Crippen LogP contribution in [0.2, 0.25) is 0 Å². The molecule has 0 bridgehead atoms. The zero-order valence-electron chi connectivity index (χ0n) is 9.59. The third-order valence-corrected chi connectivity index (χ3v) is 5.76. The Morgan fingerprint density at radius 3 is 2.43 bits per heavy atom. The molecule has 1 nitrogen and oxygen atoms in total. The van der Waals surface area contributed by atoms with Gasteiger partial charge in [0, 0.05) is 16.5 Å². The van der Waals surface area contributed by atoms with Crippen molar-refractivity contribution in [3.8, 4) is 0 Å². The highest BCUT2D eigenvalue weighted by Crippen LogP contribution is 2.48. The van der Waals surface area contributed by atoms with Crippen LogP contribution in [0.15, 0.2) is 0 Å². The van der Waals surface area contributed by atoms with E-state index in [1.54, 1.807) is 0 Å². The number of rotatable bonds is 4. The number of likely N-dealkylation sites (tertiary alicyclic amines) is 1. The van der Waals surface area contributed by atoms with Crippen molar-refractivity contribution in [2.45, 2.75) is 56.7 Å². The first kappa shape index (κ1) is 10.8. The molecule has 2 unspecified atom stereocenters. The van der Waals surface area contributed by atoms with Crippen molar-refractivity contribution in [3.63, 3.8) is 0 Å². The fourth-order valence-corrected chi connectivity index (χ4v) is 4.79. The first-order valence-electron chi connectivity index (χ1n) is 6.20. The molecule has 2 aliphatic heterocycles. The van der Waals surface area contributed by atoms with Crippen LogP contribution in [-0.4, -0.2) is 34.5 Å². The van der Waals surface area contributed by atoms with E-state index in [9.17, 15) is 0 Å². The molecule has 82 valence electrons. The van der Waals surface area contributed by atoms with Gasteiger partial charge in [0.2, 0.25) is 0 Å². The van der Waals surface area contributed by atoms with Crippen molar-refractivity contribution in [2.24, 2.45) is 0 Å². The topological polar surface area (TPSA) is 3.24 Å². The largest absolute Gasteiger partial charge is 0.296 e. The standard InChI is InChI=1S/C12H23NS/c1-3-7-12(10-14-11(12)4-2)13-8-5-6-9-13/h11H,3-10H2,1-2H3. The molecule has 0 aromatic rings. The third-order valence-electron chi connectivity index (χ3n) is 3.92. The Balaban J connectivity index is 2.05. The molecule has 0 amide bonds. The molecular formula is C12H23NS. The van der Waals surface area contributed by atoms with E-state index in [0.717, 1.165) is 5.25 Å². The maximum atomic E-state index is 2.81. The van der Waals surface area contributed by atoms with Crippen LogP contribution in [0.4, 0.5) is 0 Å². The lowest BCUT2D eigenvalue weighted by Gasteiger charge is -2.54. The van der Waals surface area contributed by atoms with E-state index >= 15 is 0 Å². The van der Waals surface area contributed by atoms with Crippen LogP contribution in [-0.2, 0) is 0 Å². The lowest BCUT2D eigenvalue weighted by atomic mass is 9.87. The molecule has 2 rings (SSSR count). The highest BCUT2D eigenvalue weighted by Gasteiger charge is 2.50. The Kier molecular flexibility index (Phi) is 3.43. The summed E-state index contributed by atoms with van der Waals surface area (Å²) < 4.78 is 0. The average Bonchev–Trinajstić information content (AvgIpc) is 2.66. The maximum absolute atomic E-state index is 2.81. The van der Waals surface area contributed by atoms with E-state index in [0.29, 0.717) is 5.54 Å². The molecule has 2 heterocycles. The smallest absolute Gasteiger partial charge is 0.0418 e. The summed E-state index contributed by atoms with van der Waals surface area (Å²) in [6.45, 7) is 7.44. The lowest BCUT2D eigenvalue weighted by molar-refractivity contribution is 0.109. The molecule has 2 atom stereocenters. The molecule has 0 spiro atoms. The zero-order chi connectivity index (χ0) is 10.0. The van der Waals surface area contributed by atoms with Crippen molar-refractivity contribution in [1.82, 2.24) is 4.90 Å². The Hall–Kier alpha value is 0.310. The lowest BCUT2D eigenvalue weighted by Crippen LogP contribution is -2.62. The molecule has 2 heteroatoms. The van der Waals surface area contributed by atoms with Crippen molar-refractivity contribution >= 4 is 11.8 Å². The van der Waals surface area contributed by atoms with Gasteiger partial charge in [-0.2, -0.15) is 11.8 Å². The summed E-state index contributed by atoms with van der Waals surface area (Å²) in [5.74, 6) is 1.40. The minimum atomic E-state index is 0.616. The summed E-state index contributed by atoms with van der Waals surface area (Å²) in [5, 5.41) is 0.931. The summed E-state index contributed by atoms with van der Waals surface area (Å²) in [7, 11) is 0. The fraction of sp³-hybridized carbons (Fsp3) is 1.00. The third kappa shape index (κ3) is 1.61. The van der Waals surface area contributed by atoms with E-state index in [1.165, 1.54) is 50.9 Å². The molecule has 0 radical (unpaired) electrons.